The number of nitrogens with zero attached hydrogens (tertiary/aromatic N) is 1. The SMILES string of the molecule is O=C(O)CC(C1CCCCC1)N(Cc1ccc(CP(=O)(O)O)cc1)C(=O)C1CCCO1. The van der Waals surface area contributed by atoms with Gasteiger partial charge in [-0.15, -0.1) is 0 Å². The molecule has 1 aliphatic carbocycles. The minimum atomic E-state index is -4.16. The Labute approximate surface area is 182 Å². The van der Waals surface area contributed by atoms with Gasteiger partial charge in [-0.05, 0) is 42.7 Å². The second-order valence-corrected chi connectivity index (χ2v) is 10.3. The van der Waals surface area contributed by atoms with Crippen molar-refractivity contribution in [2.24, 2.45) is 5.92 Å². The zero-order valence-corrected chi connectivity index (χ0v) is 18.6. The molecule has 1 aromatic carbocycles. The number of carboxylic acids is 1. The molecule has 2 fully saturated rings. The summed E-state index contributed by atoms with van der Waals surface area (Å²) in [5.74, 6) is -0.935. The lowest BCUT2D eigenvalue weighted by molar-refractivity contribution is -0.149. The molecule has 172 valence electrons. The first-order valence-corrected chi connectivity index (χ1v) is 12.8. The molecule has 2 aliphatic rings. The molecule has 2 unspecified atom stereocenters. The molecule has 3 rings (SSSR count). The summed E-state index contributed by atoms with van der Waals surface area (Å²) < 4.78 is 16.9. The first kappa shape index (κ1) is 23.9. The molecule has 3 N–H and O–H groups in total. The first-order chi connectivity index (χ1) is 14.7. The number of carboxylic acid groups (broad SMARTS) is 1. The molecular weight excluding hydrogens is 421 g/mol. The highest BCUT2D eigenvalue weighted by Gasteiger charge is 2.37. The molecule has 1 amide bonds. The summed E-state index contributed by atoms with van der Waals surface area (Å²) in [6.07, 6.45) is 5.53. The average Bonchev–Trinajstić information content (AvgIpc) is 3.25. The number of carbonyl (C=O) groups excluding carboxylic acids is 1. The van der Waals surface area contributed by atoms with E-state index in [0.717, 1.165) is 44.1 Å². The summed E-state index contributed by atoms with van der Waals surface area (Å²) in [6, 6.07) is 6.40. The standard InChI is InChI=1S/C22H32NO7P/c24-21(25)13-19(18-5-2-1-3-6-18)23(22(26)20-7-4-12-30-20)14-16-8-10-17(11-9-16)15-31(27,28)29/h8-11,18-20H,1-7,12-15H2,(H,24,25)(H2,27,28,29). The van der Waals surface area contributed by atoms with E-state index in [2.05, 4.69) is 0 Å². The summed E-state index contributed by atoms with van der Waals surface area (Å²) in [6.45, 7) is 0.789. The maximum atomic E-state index is 13.4. The van der Waals surface area contributed by atoms with Gasteiger partial charge in [-0.25, -0.2) is 0 Å². The summed E-state index contributed by atoms with van der Waals surface area (Å²) in [5, 5.41) is 9.58. The zero-order valence-electron chi connectivity index (χ0n) is 17.7. The molecule has 1 saturated heterocycles. The van der Waals surface area contributed by atoms with Crippen LogP contribution < -0.4 is 0 Å². The van der Waals surface area contributed by atoms with E-state index in [1.165, 1.54) is 0 Å². The van der Waals surface area contributed by atoms with Gasteiger partial charge >= 0.3 is 13.6 Å². The van der Waals surface area contributed by atoms with E-state index in [9.17, 15) is 19.3 Å². The Kier molecular flexibility index (Phi) is 8.28. The van der Waals surface area contributed by atoms with Crippen molar-refractivity contribution < 1.29 is 33.8 Å². The van der Waals surface area contributed by atoms with E-state index < -0.39 is 25.7 Å². The van der Waals surface area contributed by atoms with Gasteiger partial charge in [-0.3, -0.25) is 14.2 Å². The lowest BCUT2D eigenvalue weighted by atomic mass is 9.81. The predicted octanol–water partition coefficient (Wildman–Crippen LogP) is 3.30. The molecule has 31 heavy (non-hydrogen) atoms. The van der Waals surface area contributed by atoms with Crippen molar-refractivity contribution in [2.75, 3.05) is 6.61 Å². The van der Waals surface area contributed by atoms with Crippen LogP contribution in [0.4, 0.5) is 0 Å². The van der Waals surface area contributed by atoms with Crippen LogP contribution in [0.3, 0.4) is 0 Å². The van der Waals surface area contributed by atoms with Gasteiger partial charge in [0.25, 0.3) is 5.91 Å². The molecule has 2 atom stereocenters. The Morgan fingerprint density at radius 2 is 1.68 bits per heavy atom. The lowest BCUT2D eigenvalue weighted by Gasteiger charge is -2.39. The molecule has 0 bridgehead atoms. The van der Waals surface area contributed by atoms with E-state index >= 15 is 0 Å². The van der Waals surface area contributed by atoms with Gasteiger partial charge in [-0.1, -0.05) is 43.5 Å². The van der Waals surface area contributed by atoms with Crippen molar-refractivity contribution >= 4 is 19.5 Å². The summed E-state index contributed by atoms with van der Waals surface area (Å²) in [7, 11) is -4.16. The van der Waals surface area contributed by atoms with Crippen LogP contribution in [0.5, 0.6) is 0 Å². The van der Waals surface area contributed by atoms with E-state index in [1.54, 1.807) is 29.2 Å². The Morgan fingerprint density at radius 1 is 1.03 bits per heavy atom. The van der Waals surface area contributed by atoms with E-state index in [4.69, 9.17) is 14.5 Å². The van der Waals surface area contributed by atoms with Gasteiger partial charge in [0.15, 0.2) is 0 Å². The number of ether oxygens (including phenoxy) is 1. The Hall–Kier alpha value is -1.73. The van der Waals surface area contributed by atoms with Crippen LogP contribution in [0.15, 0.2) is 24.3 Å². The van der Waals surface area contributed by atoms with Gasteiger partial charge in [0.05, 0.1) is 12.6 Å². The van der Waals surface area contributed by atoms with E-state index in [1.807, 2.05) is 0 Å². The summed E-state index contributed by atoms with van der Waals surface area (Å²) in [5.41, 5.74) is 1.32. The van der Waals surface area contributed by atoms with Crippen molar-refractivity contribution in [2.45, 2.75) is 76.2 Å². The van der Waals surface area contributed by atoms with Crippen molar-refractivity contribution in [3.63, 3.8) is 0 Å². The maximum Gasteiger partial charge on any atom is 0.329 e. The largest absolute Gasteiger partial charge is 0.481 e. The minimum absolute atomic E-state index is 0.0978. The molecule has 0 aromatic heterocycles. The average molecular weight is 453 g/mol. The molecule has 0 radical (unpaired) electrons. The molecule has 9 heteroatoms. The second-order valence-electron chi connectivity index (χ2n) is 8.67. The van der Waals surface area contributed by atoms with Crippen molar-refractivity contribution in [1.29, 1.82) is 0 Å². The topological polar surface area (TPSA) is 124 Å². The highest BCUT2D eigenvalue weighted by atomic mass is 31.2. The molecular formula is C22H32NO7P. The molecule has 0 spiro atoms. The van der Waals surface area contributed by atoms with Crippen molar-refractivity contribution in [1.82, 2.24) is 4.90 Å². The third-order valence-electron chi connectivity index (χ3n) is 6.23. The van der Waals surface area contributed by atoms with Crippen LogP contribution >= 0.6 is 7.60 Å². The third kappa shape index (κ3) is 7.14. The van der Waals surface area contributed by atoms with Gasteiger partial charge in [-0.2, -0.15) is 0 Å². The molecule has 8 nitrogen and oxygen atoms in total. The fourth-order valence-corrected chi connectivity index (χ4v) is 5.42. The number of hydrogen-bond acceptors (Lipinski definition) is 4. The van der Waals surface area contributed by atoms with Crippen LogP contribution in [0, 0.1) is 5.92 Å². The Morgan fingerprint density at radius 3 is 2.23 bits per heavy atom. The number of carbonyl (C=O) groups is 2. The van der Waals surface area contributed by atoms with E-state index in [-0.39, 0.29) is 31.0 Å². The molecule has 1 saturated carbocycles. The van der Waals surface area contributed by atoms with Crippen LogP contribution in [-0.4, -0.2) is 50.4 Å². The maximum absolute atomic E-state index is 13.4. The van der Waals surface area contributed by atoms with Crippen molar-refractivity contribution in [3.05, 3.63) is 35.4 Å². The van der Waals surface area contributed by atoms with Crippen LogP contribution in [0.25, 0.3) is 0 Å². The molecule has 1 heterocycles. The van der Waals surface area contributed by atoms with Crippen LogP contribution in [0.2, 0.25) is 0 Å². The molecule has 1 aliphatic heterocycles. The smallest absolute Gasteiger partial charge is 0.329 e. The molecule has 1 aromatic rings. The summed E-state index contributed by atoms with van der Waals surface area (Å²) in [4.78, 5) is 45.1. The highest BCUT2D eigenvalue weighted by Crippen LogP contribution is 2.39. The zero-order chi connectivity index (χ0) is 22.4. The fraction of sp³-hybridized carbons (Fsp3) is 0.636. The number of benzene rings is 1. The van der Waals surface area contributed by atoms with Gasteiger partial charge in [0.1, 0.15) is 6.10 Å². The highest BCUT2D eigenvalue weighted by molar-refractivity contribution is 7.50. The predicted molar refractivity (Wildman–Crippen MR) is 114 cm³/mol. The number of amides is 1. The van der Waals surface area contributed by atoms with Crippen LogP contribution in [0.1, 0.15) is 62.5 Å². The van der Waals surface area contributed by atoms with Gasteiger partial charge in [0.2, 0.25) is 0 Å². The van der Waals surface area contributed by atoms with Gasteiger partial charge < -0.3 is 24.5 Å². The fourth-order valence-electron chi connectivity index (χ4n) is 4.73. The van der Waals surface area contributed by atoms with E-state index in [0.29, 0.717) is 18.6 Å². The Bertz CT molecular complexity index is 795. The Balaban J connectivity index is 1.84. The minimum Gasteiger partial charge on any atom is -0.481 e. The normalized spacial score (nSPS) is 21.0. The number of hydrogen-bond donors (Lipinski definition) is 3. The first-order valence-electron chi connectivity index (χ1n) is 11.0. The van der Waals surface area contributed by atoms with Crippen LogP contribution in [-0.2, 0) is 31.6 Å². The van der Waals surface area contributed by atoms with Crippen molar-refractivity contribution in [3.8, 4) is 0 Å². The summed E-state index contributed by atoms with van der Waals surface area (Å²) >= 11 is 0. The number of aliphatic carboxylic acids is 1. The monoisotopic (exact) mass is 453 g/mol. The second kappa shape index (κ2) is 10.7. The lowest BCUT2D eigenvalue weighted by Crippen LogP contribution is -2.49. The quantitative estimate of drug-likeness (QED) is 0.490. The van der Waals surface area contributed by atoms with Gasteiger partial charge in [0, 0.05) is 19.2 Å². The number of rotatable bonds is 9. The third-order valence-corrected chi connectivity index (χ3v) is 7.01.